The van der Waals surface area contributed by atoms with Crippen molar-refractivity contribution in [1.82, 2.24) is 5.32 Å². The number of hydrogen-bond donors (Lipinski definition) is 1. The number of hydrogen-bond acceptors (Lipinski definition) is 6. The molecule has 0 radical (unpaired) electrons. The number of amides is 1. The molecule has 1 saturated carbocycles. The van der Waals surface area contributed by atoms with Gasteiger partial charge in [0, 0.05) is 31.0 Å². The van der Waals surface area contributed by atoms with Crippen molar-refractivity contribution in [2.75, 3.05) is 30.3 Å². The van der Waals surface area contributed by atoms with Crippen LogP contribution in [0.5, 0.6) is 17.2 Å². The third kappa shape index (κ3) is 5.40. The molecule has 0 saturated heterocycles. The van der Waals surface area contributed by atoms with Gasteiger partial charge in [0.15, 0.2) is 11.5 Å². The van der Waals surface area contributed by atoms with Crippen LogP contribution in [0, 0.1) is 0 Å². The molecular weight excluding hydrogens is 480 g/mol. The van der Waals surface area contributed by atoms with Crippen molar-refractivity contribution in [2.24, 2.45) is 0 Å². The summed E-state index contributed by atoms with van der Waals surface area (Å²) in [7, 11) is -3.54. The van der Waals surface area contributed by atoms with Gasteiger partial charge in [0.05, 0.1) is 18.0 Å². The lowest BCUT2D eigenvalue weighted by Crippen LogP contribution is -2.46. The Bertz CT molecular complexity index is 1210. The lowest BCUT2D eigenvalue weighted by Gasteiger charge is -2.44. The summed E-state index contributed by atoms with van der Waals surface area (Å²) < 4.78 is 44.0. The number of rotatable bonds is 7. The third-order valence-corrected chi connectivity index (χ3v) is 8.47. The zero-order valence-electron chi connectivity index (χ0n) is 20.7. The molecule has 2 aromatic rings. The van der Waals surface area contributed by atoms with E-state index in [1.807, 2.05) is 24.3 Å². The smallest absolute Gasteiger partial charge is 0.232 e. The van der Waals surface area contributed by atoms with Crippen LogP contribution in [0.2, 0.25) is 0 Å². The summed E-state index contributed by atoms with van der Waals surface area (Å²) in [4.78, 5) is 13.0. The van der Waals surface area contributed by atoms with E-state index in [9.17, 15) is 13.2 Å². The highest BCUT2D eigenvalue weighted by Crippen LogP contribution is 2.46. The second kappa shape index (κ2) is 10.2. The number of ether oxygens (including phenoxy) is 3. The fourth-order valence-corrected chi connectivity index (χ4v) is 6.53. The van der Waals surface area contributed by atoms with E-state index in [1.165, 1.54) is 17.0 Å². The Morgan fingerprint density at radius 3 is 2.56 bits per heavy atom. The lowest BCUT2D eigenvalue weighted by molar-refractivity contribution is -0.122. The summed E-state index contributed by atoms with van der Waals surface area (Å²) in [5.41, 5.74) is 1.30. The minimum absolute atomic E-state index is 0.0849. The summed E-state index contributed by atoms with van der Waals surface area (Å²) in [5.74, 6) is 1.90. The highest BCUT2D eigenvalue weighted by Gasteiger charge is 2.42. The summed E-state index contributed by atoms with van der Waals surface area (Å²) in [6.45, 7) is 1.09. The standard InChI is InChI=1S/C27H34N2O6S/c1-36(31,32)29(20-11-12-24-25(18-20)34-17-16-33-24)15-7-10-26(30)28-22-19-27(13-5-2-6-14-27)35-23-9-4-3-8-21(22)23/h3-4,8-9,11-12,18,22H,2,5-7,10,13-17,19H2,1H3,(H,28,30). The monoisotopic (exact) mass is 514 g/mol. The average Bonchev–Trinajstić information content (AvgIpc) is 2.86. The van der Waals surface area contributed by atoms with Crippen LogP contribution in [0.3, 0.4) is 0 Å². The Kier molecular flexibility index (Phi) is 7.01. The largest absolute Gasteiger partial charge is 0.487 e. The van der Waals surface area contributed by atoms with E-state index in [0.717, 1.165) is 43.4 Å². The third-order valence-electron chi connectivity index (χ3n) is 7.28. The molecule has 2 heterocycles. The first kappa shape index (κ1) is 24.7. The van der Waals surface area contributed by atoms with Crippen molar-refractivity contribution in [3.8, 4) is 17.2 Å². The summed E-state index contributed by atoms with van der Waals surface area (Å²) in [5, 5.41) is 3.22. The highest BCUT2D eigenvalue weighted by molar-refractivity contribution is 7.92. The van der Waals surface area contributed by atoms with Gasteiger partial charge in [0.1, 0.15) is 24.6 Å². The molecule has 0 aromatic heterocycles. The Morgan fingerprint density at radius 2 is 1.78 bits per heavy atom. The molecule has 2 aliphatic heterocycles. The van der Waals surface area contributed by atoms with Crippen molar-refractivity contribution >= 4 is 21.6 Å². The molecule has 1 spiro atoms. The van der Waals surface area contributed by atoms with Crippen molar-refractivity contribution in [3.05, 3.63) is 48.0 Å². The van der Waals surface area contributed by atoms with Crippen LogP contribution in [-0.2, 0) is 14.8 Å². The van der Waals surface area contributed by atoms with Gasteiger partial charge in [-0.05, 0) is 50.3 Å². The maximum atomic E-state index is 13.0. The molecule has 1 N–H and O–H groups in total. The molecule has 2 aromatic carbocycles. The first-order valence-electron chi connectivity index (χ1n) is 12.8. The van der Waals surface area contributed by atoms with E-state index in [1.54, 1.807) is 18.2 Å². The van der Waals surface area contributed by atoms with Gasteiger partial charge in [0.2, 0.25) is 15.9 Å². The second-order valence-corrected chi connectivity index (χ2v) is 11.9. The van der Waals surface area contributed by atoms with Crippen LogP contribution in [0.4, 0.5) is 5.69 Å². The molecule has 194 valence electrons. The first-order chi connectivity index (χ1) is 17.3. The molecule has 1 atom stereocenters. The van der Waals surface area contributed by atoms with Gasteiger partial charge >= 0.3 is 0 Å². The van der Waals surface area contributed by atoms with E-state index in [4.69, 9.17) is 14.2 Å². The van der Waals surface area contributed by atoms with Crippen LogP contribution in [0.15, 0.2) is 42.5 Å². The predicted molar refractivity (Wildman–Crippen MR) is 137 cm³/mol. The molecule has 36 heavy (non-hydrogen) atoms. The summed E-state index contributed by atoms with van der Waals surface area (Å²) >= 11 is 0. The van der Waals surface area contributed by atoms with Crippen LogP contribution >= 0.6 is 0 Å². The van der Waals surface area contributed by atoms with Gasteiger partial charge in [0.25, 0.3) is 0 Å². The zero-order chi connectivity index (χ0) is 25.2. The number of benzene rings is 2. The molecule has 1 amide bonds. The van der Waals surface area contributed by atoms with E-state index in [0.29, 0.717) is 36.8 Å². The molecule has 1 aliphatic carbocycles. The maximum Gasteiger partial charge on any atom is 0.232 e. The Hall–Kier alpha value is -2.94. The van der Waals surface area contributed by atoms with Crippen molar-refractivity contribution in [1.29, 1.82) is 0 Å². The number of carbonyl (C=O) groups excluding carboxylic acids is 1. The van der Waals surface area contributed by atoms with Crippen LogP contribution in [0.25, 0.3) is 0 Å². The first-order valence-corrected chi connectivity index (χ1v) is 14.6. The van der Waals surface area contributed by atoms with E-state index < -0.39 is 10.0 Å². The number of para-hydroxylation sites is 1. The number of fused-ring (bicyclic) bond motifs is 2. The van der Waals surface area contributed by atoms with Gasteiger partial charge < -0.3 is 19.5 Å². The normalized spacial score (nSPS) is 20.2. The van der Waals surface area contributed by atoms with Crippen LogP contribution < -0.4 is 23.8 Å². The molecule has 0 bridgehead atoms. The quantitative estimate of drug-likeness (QED) is 0.591. The topological polar surface area (TPSA) is 94.2 Å². The number of anilines is 1. The van der Waals surface area contributed by atoms with Crippen LogP contribution in [0.1, 0.15) is 63.0 Å². The molecule has 1 unspecified atom stereocenters. The Morgan fingerprint density at radius 1 is 1.03 bits per heavy atom. The summed E-state index contributed by atoms with van der Waals surface area (Å²) in [6.07, 6.45) is 8.08. The minimum Gasteiger partial charge on any atom is -0.487 e. The Labute approximate surface area is 213 Å². The fourth-order valence-electron chi connectivity index (χ4n) is 5.57. The summed E-state index contributed by atoms with van der Waals surface area (Å²) in [6, 6.07) is 12.9. The van der Waals surface area contributed by atoms with Crippen molar-refractivity contribution in [2.45, 2.75) is 63.0 Å². The molecule has 8 nitrogen and oxygen atoms in total. The van der Waals surface area contributed by atoms with E-state index >= 15 is 0 Å². The maximum absolute atomic E-state index is 13.0. The van der Waals surface area contributed by atoms with Crippen LogP contribution in [-0.4, -0.2) is 45.9 Å². The molecule has 9 heteroatoms. The Balaban J connectivity index is 1.23. The van der Waals surface area contributed by atoms with Gasteiger partial charge in [-0.25, -0.2) is 8.42 Å². The van der Waals surface area contributed by atoms with E-state index in [2.05, 4.69) is 5.32 Å². The molecule has 3 aliphatic rings. The lowest BCUT2D eigenvalue weighted by atomic mass is 9.77. The van der Waals surface area contributed by atoms with E-state index in [-0.39, 0.29) is 30.5 Å². The average molecular weight is 515 g/mol. The number of carbonyl (C=O) groups is 1. The van der Waals surface area contributed by atoms with Crippen molar-refractivity contribution < 1.29 is 27.4 Å². The SMILES string of the molecule is CS(=O)(=O)N(CCCC(=O)NC1CC2(CCCCC2)Oc2ccccc21)c1ccc2c(c1)OCCO2. The van der Waals surface area contributed by atoms with Gasteiger partial charge in [-0.2, -0.15) is 0 Å². The molecule has 1 fully saturated rings. The van der Waals surface area contributed by atoms with Gasteiger partial charge in [-0.15, -0.1) is 0 Å². The van der Waals surface area contributed by atoms with Crippen molar-refractivity contribution in [3.63, 3.8) is 0 Å². The second-order valence-electron chi connectivity index (χ2n) is 9.97. The van der Waals surface area contributed by atoms with Gasteiger partial charge in [-0.1, -0.05) is 24.6 Å². The predicted octanol–water partition coefficient (Wildman–Crippen LogP) is 4.35. The number of sulfonamides is 1. The molecular formula is C27H34N2O6S. The van der Waals surface area contributed by atoms with Gasteiger partial charge in [-0.3, -0.25) is 9.10 Å². The highest BCUT2D eigenvalue weighted by atomic mass is 32.2. The number of nitrogens with one attached hydrogen (secondary N) is 1. The molecule has 5 rings (SSSR count). The minimum atomic E-state index is -3.54. The fraction of sp³-hybridized carbons (Fsp3) is 0.519. The zero-order valence-corrected chi connectivity index (χ0v) is 21.5. The number of nitrogens with zero attached hydrogens (tertiary/aromatic N) is 1.